The van der Waals surface area contributed by atoms with Crippen LogP contribution in [0.2, 0.25) is 0 Å². The summed E-state index contributed by atoms with van der Waals surface area (Å²) in [6, 6.07) is 6.57. The Hall–Kier alpha value is -2.55. The Balaban J connectivity index is 1.52. The van der Waals surface area contributed by atoms with Crippen LogP contribution >= 0.6 is 11.8 Å². The fourth-order valence-corrected chi connectivity index (χ4v) is 4.03. The van der Waals surface area contributed by atoms with Crippen LogP contribution in [0, 0.1) is 5.92 Å². The van der Waals surface area contributed by atoms with Crippen molar-refractivity contribution < 1.29 is 24.3 Å². The number of carbonyl (C=O) groups is 4. The lowest BCUT2D eigenvalue weighted by molar-refractivity contribution is -0.143. The number of thioether (sulfide) groups is 1. The summed E-state index contributed by atoms with van der Waals surface area (Å²) in [5.41, 5.74) is 1.05. The van der Waals surface area contributed by atoms with Crippen molar-refractivity contribution in [2.75, 3.05) is 36.6 Å². The standard InChI is InChI=1S/C18H21N3O5S/c22-15(9-21-11-27-10-16(21)23)19-14-3-1-12(2-4-14)17(24)20-7-5-13(6-8-20)18(25)26/h1-4,13H,5-11H2,(H,19,22)(H,25,26). The summed E-state index contributed by atoms with van der Waals surface area (Å²) in [7, 11) is 0. The summed E-state index contributed by atoms with van der Waals surface area (Å²) in [5, 5.41) is 11.7. The molecule has 9 heteroatoms. The number of nitrogens with zero attached hydrogens (tertiary/aromatic N) is 2. The Morgan fingerprint density at radius 1 is 1.15 bits per heavy atom. The first kappa shape index (κ1) is 19.2. The van der Waals surface area contributed by atoms with Crippen LogP contribution in [0.4, 0.5) is 5.69 Å². The molecule has 0 unspecified atom stereocenters. The molecule has 2 N–H and O–H groups in total. The SMILES string of the molecule is O=C(CN1CSCC1=O)Nc1ccc(C(=O)N2CCC(C(=O)O)CC2)cc1. The molecule has 2 heterocycles. The molecule has 0 aliphatic carbocycles. The molecule has 0 aromatic heterocycles. The number of carbonyl (C=O) groups excluding carboxylic acids is 3. The highest BCUT2D eigenvalue weighted by molar-refractivity contribution is 8.00. The molecule has 8 nitrogen and oxygen atoms in total. The lowest BCUT2D eigenvalue weighted by Gasteiger charge is -2.30. The second-order valence-corrected chi connectivity index (χ2v) is 7.55. The number of carboxylic acid groups (broad SMARTS) is 1. The molecule has 2 aliphatic heterocycles. The number of piperidine rings is 1. The van der Waals surface area contributed by atoms with Gasteiger partial charge in [-0.2, -0.15) is 0 Å². The molecule has 27 heavy (non-hydrogen) atoms. The van der Waals surface area contributed by atoms with Crippen LogP contribution in [0.15, 0.2) is 24.3 Å². The molecule has 144 valence electrons. The van der Waals surface area contributed by atoms with Crippen LogP contribution in [0.1, 0.15) is 23.2 Å². The molecule has 2 aliphatic rings. The fourth-order valence-electron chi connectivity index (χ4n) is 3.12. The Kier molecular flexibility index (Phi) is 6.00. The van der Waals surface area contributed by atoms with Gasteiger partial charge in [0.2, 0.25) is 11.8 Å². The molecule has 0 saturated carbocycles. The smallest absolute Gasteiger partial charge is 0.306 e. The Morgan fingerprint density at radius 3 is 2.37 bits per heavy atom. The van der Waals surface area contributed by atoms with Crippen LogP contribution in [0.25, 0.3) is 0 Å². The normalized spacial score (nSPS) is 17.9. The van der Waals surface area contributed by atoms with Gasteiger partial charge in [0.15, 0.2) is 0 Å². The average Bonchev–Trinajstić information content (AvgIpc) is 3.06. The Morgan fingerprint density at radius 2 is 1.81 bits per heavy atom. The Labute approximate surface area is 160 Å². The van der Waals surface area contributed by atoms with Crippen molar-refractivity contribution >= 4 is 41.1 Å². The first-order valence-corrected chi connectivity index (χ1v) is 9.87. The number of amides is 3. The van der Waals surface area contributed by atoms with E-state index in [1.54, 1.807) is 29.2 Å². The van der Waals surface area contributed by atoms with E-state index in [9.17, 15) is 19.2 Å². The molecule has 0 bridgehead atoms. The van der Waals surface area contributed by atoms with Crippen LogP contribution < -0.4 is 5.32 Å². The van der Waals surface area contributed by atoms with Crippen molar-refractivity contribution in [2.24, 2.45) is 5.92 Å². The van der Waals surface area contributed by atoms with E-state index in [1.807, 2.05) is 0 Å². The summed E-state index contributed by atoms with van der Waals surface area (Å²) < 4.78 is 0. The van der Waals surface area contributed by atoms with Crippen molar-refractivity contribution in [3.8, 4) is 0 Å². The second-order valence-electron chi connectivity index (χ2n) is 6.60. The minimum Gasteiger partial charge on any atom is -0.481 e. The third-order valence-corrected chi connectivity index (χ3v) is 5.65. The fraction of sp³-hybridized carbons (Fsp3) is 0.444. The lowest BCUT2D eigenvalue weighted by Crippen LogP contribution is -2.40. The minimum absolute atomic E-state index is 0.0189. The summed E-state index contributed by atoms with van der Waals surface area (Å²) in [5.74, 6) is -0.713. The summed E-state index contributed by atoms with van der Waals surface area (Å²) in [6.45, 7) is 0.872. The molecule has 3 amide bonds. The second kappa shape index (κ2) is 8.43. The maximum atomic E-state index is 12.5. The quantitative estimate of drug-likeness (QED) is 0.778. The van der Waals surface area contributed by atoms with Crippen LogP contribution in [0.5, 0.6) is 0 Å². The summed E-state index contributed by atoms with van der Waals surface area (Å²) in [4.78, 5) is 50.2. The van der Waals surface area contributed by atoms with E-state index in [0.717, 1.165) is 0 Å². The third kappa shape index (κ3) is 4.79. The molecule has 3 rings (SSSR count). The number of hydrogen-bond donors (Lipinski definition) is 2. The van der Waals surface area contributed by atoms with Crippen molar-refractivity contribution in [3.63, 3.8) is 0 Å². The minimum atomic E-state index is -0.809. The van der Waals surface area contributed by atoms with E-state index in [4.69, 9.17) is 5.11 Å². The molecule has 1 aromatic carbocycles. The van der Waals surface area contributed by atoms with Gasteiger partial charge in [0, 0.05) is 24.3 Å². The van der Waals surface area contributed by atoms with Crippen LogP contribution in [0.3, 0.4) is 0 Å². The molecule has 0 spiro atoms. The number of rotatable bonds is 5. The molecule has 2 fully saturated rings. The van der Waals surface area contributed by atoms with Gasteiger partial charge >= 0.3 is 5.97 Å². The lowest BCUT2D eigenvalue weighted by atomic mass is 9.96. The molecule has 0 atom stereocenters. The molecule has 0 radical (unpaired) electrons. The first-order valence-electron chi connectivity index (χ1n) is 8.71. The van der Waals surface area contributed by atoms with E-state index < -0.39 is 5.97 Å². The monoisotopic (exact) mass is 391 g/mol. The summed E-state index contributed by atoms with van der Waals surface area (Å²) in [6.07, 6.45) is 0.922. The van der Waals surface area contributed by atoms with E-state index in [2.05, 4.69) is 5.32 Å². The number of nitrogens with one attached hydrogen (secondary N) is 1. The third-order valence-electron chi connectivity index (χ3n) is 4.71. The first-order chi connectivity index (χ1) is 12.9. The number of anilines is 1. The highest BCUT2D eigenvalue weighted by atomic mass is 32.2. The van der Waals surface area contributed by atoms with Crippen molar-refractivity contribution in [2.45, 2.75) is 12.8 Å². The van der Waals surface area contributed by atoms with Gasteiger partial charge in [0.25, 0.3) is 5.91 Å². The summed E-state index contributed by atoms with van der Waals surface area (Å²) >= 11 is 1.48. The van der Waals surface area contributed by atoms with Gasteiger partial charge < -0.3 is 20.2 Å². The zero-order chi connectivity index (χ0) is 19.4. The van der Waals surface area contributed by atoms with Gasteiger partial charge in [-0.1, -0.05) is 0 Å². The molecule has 1 aromatic rings. The molecular formula is C18H21N3O5S. The number of likely N-dealkylation sites (tertiary alicyclic amines) is 1. The highest BCUT2D eigenvalue weighted by Crippen LogP contribution is 2.20. The van der Waals surface area contributed by atoms with Crippen molar-refractivity contribution in [3.05, 3.63) is 29.8 Å². The van der Waals surface area contributed by atoms with Gasteiger partial charge in [-0.15, -0.1) is 11.8 Å². The molecular weight excluding hydrogens is 370 g/mol. The predicted molar refractivity (Wildman–Crippen MR) is 100 cm³/mol. The Bertz CT molecular complexity index is 744. The highest BCUT2D eigenvalue weighted by Gasteiger charge is 2.27. The van der Waals surface area contributed by atoms with E-state index in [1.165, 1.54) is 16.7 Å². The van der Waals surface area contributed by atoms with Gasteiger partial charge in [0.05, 0.1) is 17.5 Å². The number of hydrogen-bond acceptors (Lipinski definition) is 5. The van der Waals surface area contributed by atoms with Gasteiger partial charge in [-0.3, -0.25) is 19.2 Å². The maximum Gasteiger partial charge on any atom is 0.306 e. The average molecular weight is 391 g/mol. The van der Waals surface area contributed by atoms with E-state index in [-0.39, 0.29) is 30.2 Å². The largest absolute Gasteiger partial charge is 0.481 e. The van der Waals surface area contributed by atoms with Crippen LogP contribution in [-0.2, 0) is 14.4 Å². The zero-order valence-electron chi connectivity index (χ0n) is 14.7. The van der Waals surface area contributed by atoms with E-state index >= 15 is 0 Å². The van der Waals surface area contributed by atoms with Crippen molar-refractivity contribution in [1.82, 2.24) is 9.80 Å². The zero-order valence-corrected chi connectivity index (χ0v) is 15.5. The van der Waals surface area contributed by atoms with Crippen LogP contribution in [-0.4, -0.2) is 69.9 Å². The van der Waals surface area contributed by atoms with Crippen molar-refractivity contribution in [1.29, 1.82) is 0 Å². The van der Waals surface area contributed by atoms with E-state index in [0.29, 0.717) is 48.8 Å². The number of aliphatic carboxylic acids is 1. The van der Waals surface area contributed by atoms with Gasteiger partial charge in [0.1, 0.15) is 6.54 Å². The predicted octanol–water partition coefficient (Wildman–Crippen LogP) is 1.09. The topological polar surface area (TPSA) is 107 Å². The maximum absolute atomic E-state index is 12.5. The van der Waals surface area contributed by atoms with Gasteiger partial charge in [-0.05, 0) is 37.1 Å². The number of benzene rings is 1. The molecule has 2 saturated heterocycles. The number of carboxylic acids is 1. The van der Waals surface area contributed by atoms with Gasteiger partial charge in [-0.25, -0.2) is 0 Å².